The maximum Gasteiger partial charge on any atom is 0.326 e. The third-order valence-corrected chi connectivity index (χ3v) is 3.45. The Hall–Kier alpha value is -2.04. The summed E-state index contributed by atoms with van der Waals surface area (Å²) in [4.78, 5) is 25.0. The lowest BCUT2D eigenvalue weighted by molar-refractivity contribution is -0.137. The molecule has 0 amide bonds. The third kappa shape index (κ3) is 3.73. The van der Waals surface area contributed by atoms with Gasteiger partial charge in [0, 0.05) is 13.0 Å². The molecule has 0 aliphatic heterocycles. The lowest BCUT2D eigenvalue weighted by Gasteiger charge is -2.03. The van der Waals surface area contributed by atoms with Crippen LogP contribution in [0.5, 0.6) is 0 Å². The van der Waals surface area contributed by atoms with Crippen LogP contribution in [0.2, 0.25) is 0 Å². The zero-order valence-corrected chi connectivity index (χ0v) is 11.5. The van der Waals surface area contributed by atoms with Gasteiger partial charge in [-0.25, -0.2) is 4.79 Å². The minimum atomic E-state index is -0.727. The number of aliphatic carboxylic acids is 1. The highest BCUT2D eigenvalue weighted by Crippen LogP contribution is 2.11. The van der Waals surface area contributed by atoms with Crippen LogP contribution in [0, 0.1) is 0 Å². The number of aryl methyl sites for hydroxylation is 1. The lowest BCUT2D eigenvalue weighted by Crippen LogP contribution is -2.16. The average Bonchev–Trinajstić information content (AvgIpc) is 2.73. The van der Waals surface area contributed by atoms with E-state index >= 15 is 0 Å². The molecule has 0 saturated heterocycles. The maximum absolute atomic E-state index is 11.8. The number of carboxylic acid groups (broad SMARTS) is 1. The second-order valence-corrected chi connectivity index (χ2v) is 5.01. The summed E-state index contributed by atoms with van der Waals surface area (Å²) in [6.07, 6.45) is 4.91. The van der Waals surface area contributed by atoms with E-state index in [2.05, 4.69) is 4.98 Å². The van der Waals surface area contributed by atoms with Gasteiger partial charge < -0.3 is 10.1 Å². The van der Waals surface area contributed by atoms with Crippen molar-refractivity contribution in [1.29, 1.82) is 0 Å². The summed E-state index contributed by atoms with van der Waals surface area (Å²) in [5.41, 5.74) is 1.76. The second kappa shape index (κ2) is 6.93. The lowest BCUT2D eigenvalue weighted by atomic mass is 10.1. The Morgan fingerprint density at radius 3 is 2.60 bits per heavy atom. The quantitative estimate of drug-likeness (QED) is 0.728. The molecule has 0 radical (unpaired) electrons. The van der Waals surface area contributed by atoms with E-state index in [1.165, 1.54) is 0 Å². The zero-order valence-electron chi connectivity index (χ0n) is 11.5. The predicted octanol–water partition coefficient (Wildman–Crippen LogP) is 2.75. The van der Waals surface area contributed by atoms with Crippen molar-refractivity contribution in [3.63, 3.8) is 0 Å². The van der Waals surface area contributed by atoms with E-state index < -0.39 is 5.97 Å². The van der Waals surface area contributed by atoms with Gasteiger partial charge in [-0.05, 0) is 25.0 Å². The summed E-state index contributed by atoms with van der Waals surface area (Å²) < 4.78 is 1.77. The van der Waals surface area contributed by atoms with Crippen LogP contribution in [-0.2, 0) is 11.3 Å². The Labute approximate surface area is 117 Å². The summed E-state index contributed by atoms with van der Waals surface area (Å²) in [7, 11) is 0. The first-order valence-electron chi connectivity index (χ1n) is 7.08. The van der Waals surface area contributed by atoms with Gasteiger partial charge in [-0.2, -0.15) is 0 Å². The normalized spacial score (nSPS) is 11.0. The number of nitrogens with zero attached hydrogens (tertiary/aromatic N) is 1. The first kappa shape index (κ1) is 14.4. The highest BCUT2D eigenvalue weighted by atomic mass is 16.4. The summed E-state index contributed by atoms with van der Waals surface area (Å²) in [5.74, 6) is -0.727. The predicted molar refractivity (Wildman–Crippen MR) is 77.9 cm³/mol. The van der Waals surface area contributed by atoms with Crippen LogP contribution in [0.3, 0.4) is 0 Å². The van der Waals surface area contributed by atoms with Crippen LogP contribution in [0.15, 0.2) is 29.1 Å². The van der Waals surface area contributed by atoms with Gasteiger partial charge in [0.1, 0.15) is 0 Å². The first-order valence-corrected chi connectivity index (χ1v) is 7.08. The molecule has 0 atom stereocenters. The second-order valence-electron chi connectivity index (χ2n) is 5.01. The fourth-order valence-electron chi connectivity index (χ4n) is 2.41. The fourth-order valence-corrected chi connectivity index (χ4v) is 2.41. The highest BCUT2D eigenvalue weighted by molar-refractivity contribution is 5.74. The summed E-state index contributed by atoms with van der Waals surface area (Å²) >= 11 is 0. The van der Waals surface area contributed by atoms with Crippen LogP contribution in [-0.4, -0.2) is 20.6 Å². The van der Waals surface area contributed by atoms with Gasteiger partial charge in [-0.1, -0.05) is 31.4 Å². The van der Waals surface area contributed by atoms with E-state index in [4.69, 9.17) is 5.11 Å². The minimum Gasteiger partial charge on any atom is -0.481 e. The smallest absolute Gasteiger partial charge is 0.326 e. The number of fused-ring (bicyclic) bond motifs is 1. The van der Waals surface area contributed by atoms with Gasteiger partial charge in [-0.15, -0.1) is 0 Å². The standard InChI is InChI=1S/C15H20N2O3/c18-14(19)10-4-2-1-3-7-11-17-13-9-6-5-8-12(13)16-15(17)20/h5-6,8-9H,1-4,7,10-11H2,(H,16,20)(H,18,19). The van der Waals surface area contributed by atoms with Crippen molar-refractivity contribution < 1.29 is 9.90 Å². The van der Waals surface area contributed by atoms with Crippen molar-refractivity contribution in [2.45, 2.75) is 45.1 Å². The van der Waals surface area contributed by atoms with E-state index in [-0.39, 0.29) is 12.1 Å². The SMILES string of the molecule is O=C(O)CCCCCCCn1c(=O)[nH]c2ccccc21. The maximum atomic E-state index is 11.8. The highest BCUT2D eigenvalue weighted by Gasteiger charge is 2.05. The number of hydrogen-bond acceptors (Lipinski definition) is 2. The molecule has 108 valence electrons. The van der Waals surface area contributed by atoms with E-state index in [0.717, 1.165) is 43.1 Å². The number of aromatic nitrogens is 2. The molecule has 0 aliphatic carbocycles. The van der Waals surface area contributed by atoms with Gasteiger partial charge in [0.25, 0.3) is 0 Å². The van der Waals surface area contributed by atoms with Gasteiger partial charge >= 0.3 is 11.7 Å². The summed E-state index contributed by atoms with van der Waals surface area (Å²) in [6, 6.07) is 7.68. The number of nitrogens with one attached hydrogen (secondary N) is 1. The minimum absolute atomic E-state index is 0.0583. The molecule has 2 rings (SSSR count). The number of hydrogen-bond donors (Lipinski definition) is 2. The largest absolute Gasteiger partial charge is 0.481 e. The molecular formula is C15H20N2O3. The fraction of sp³-hybridized carbons (Fsp3) is 0.467. The molecule has 0 fully saturated rings. The van der Waals surface area contributed by atoms with Gasteiger partial charge in [0.05, 0.1) is 11.0 Å². The Morgan fingerprint density at radius 1 is 1.10 bits per heavy atom. The van der Waals surface area contributed by atoms with E-state index in [9.17, 15) is 9.59 Å². The molecule has 5 heteroatoms. The van der Waals surface area contributed by atoms with Crippen LogP contribution >= 0.6 is 0 Å². The number of aromatic amines is 1. The first-order chi connectivity index (χ1) is 9.68. The Kier molecular flexibility index (Phi) is 4.98. The van der Waals surface area contributed by atoms with Crippen LogP contribution < -0.4 is 5.69 Å². The molecule has 20 heavy (non-hydrogen) atoms. The molecule has 0 aliphatic rings. The molecule has 0 spiro atoms. The number of benzene rings is 1. The Bertz CT molecular complexity index is 627. The summed E-state index contributed by atoms with van der Waals surface area (Å²) in [5, 5.41) is 8.53. The van der Waals surface area contributed by atoms with Crippen molar-refractivity contribution in [1.82, 2.24) is 9.55 Å². The average molecular weight is 276 g/mol. The van der Waals surface area contributed by atoms with Crippen molar-refractivity contribution in [3.05, 3.63) is 34.7 Å². The van der Waals surface area contributed by atoms with E-state index in [0.29, 0.717) is 6.54 Å². The summed E-state index contributed by atoms with van der Waals surface area (Å²) in [6.45, 7) is 0.710. The van der Waals surface area contributed by atoms with Gasteiger partial charge in [0.2, 0.25) is 0 Å². The van der Waals surface area contributed by atoms with Crippen molar-refractivity contribution in [2.24, 2.45) is 0 Å². The van der Waals surface area contributed by atoms with Crippen LogP contribution in [0.1, 0.15) is 38.5 Å². The molecular weight excluding hydrogens is 256 g/mol. The Balaban J connectivity index is 1.77. The van der Waals surface area contributed by atoms with Crippen LogP contribution in [0.4, 0.5) is 0 Å². The monoisotopic (exact) mass is 276 g/mol. The topological polar surface area (TPSA) is 75.1 Å². The van der Waals surface area contributed by atoms with Crippen LogP contribution in [0.25, 0.3) is 11.0 Å². The number of rotatable bonds is 8. The molecule has 0 bridgehead atoms. The number of carbonyl (C=O) groups is 1. The zero-order chi connectivity index (χ0) is 14.4. The number of carboxylic acids is 1. The molecule has 2 aromatic rings. The molecule has 0 saturated carbocycles. The third-order valence-electron chi connectivity index (χ3n) is 3.45. The van der Waals surface area contributed by atoms with Gasteiger partial charge in [-0.3, -0.25) is 9.36 Å². The number of imidazole rings is 1. The van der Waals surface area contributed by atoms with E-state index in [1.807, 2.05) is 24.3 Å². The van der Waals surface area contributed by atoms with E-state index in [1.54, 1.807) is 4.57 Å². The molecule has 0 unspecified atom stereocenters. The van der Waals surface area contributed by atoms with Crippen molar-refractivity contribution in [2.75, 3.05) is 0 Å². The molecule has 1 aromatic heterocycles. The number of H-pyrrole nitrogens is 1. The van der Waals surface area contributed by atoms with Gasteiger partial charge in [0.15, 0.2) is 0 Å². The van der Waals surface area contributed by atoms with Crippen molar-refractivity contribution in [3.8, 4) is 0 Å². The molecule has 2 N–H and O–H groups in total. The Morgan fingerprint density at radius 2 is 1.80 bits per heavy atom. The molecule has 1 heterocycles. The molecule has 5 nitrogen and oxygen atoms in total. The number of unbranched alkanes of at least 4 members (excludes halogenated alkanes) is 4. The molecule has 1 aromatic carbocycles. The number of para-hydroxylation sites is 2. The van der Waals surface area contributed by atoms with Crippen molar-refractivity contribution >= 4 is 17.0 Å².